The van der Waals surface area contributed by atoms with Gasteiger partial charge in [0.05, 0.1) is 17.7 Å². The summed E-state index contributed by atoms with van der Waals surface area (Å²) in [6.07, 6.45) is -1.78. The molecule has 0 fully saturated rings. The third-order valence-electron chi connectivity index (χ3n) is 4.38. The highest BCUT2D eigenvalue weighted by molar-refractivity contribution is 5.94. The number of nitrogens with one attached hydrogen (secondary N) is 1. The number of hydrogen-bond donors (Lipinski definition) is 2. The lowest BCUT2D eigenvalue weighted by atomic mass is 10.1. The van der Waals surface area contributed by atoms with Crippen molar-refractivity contribution in [2.24, 2.45) is 0 Å². The molecule has 2 atom stereocenters. The van der Waals surface area contributed by atoms with Crippen LogP contribution < -0.4 is 5.32 Å². The normalized spacial score (nSPS) is 19.4. The lowest BCUT2D eigenvalue weighted by Crippen LogP contribution is -2.34. The second kappa shape index (κ2) is 5.89. The number of pyridine rings is 1. The Morgan fingerprint density at radius 3 is 2.84 bits per heavy atom. The van der Waals surface area contributed by atoms with Gasteiger partial charge in [-0.05, 0) is 23.3 Å². The maximum absolute atomic E-state index is 13.0. The van der Waals surface area contributed by atoms with Crippen LogP contribution in [-0.2, 0) is 6.42 Å². The number of halogens is 2. The van der Waals surface area contributed by atoms with E-state index in [1.807, 2.05) is 24.3 Å². The number of nitrogens with zero attached hydrogens (tertiary/aromatic N) is 3. The van der Waals surface area contributed by atoms with Gasteiger partial charge in [-0.2, -0.15) is 0 Å². The molecule has 2 heterocycles. The largest absolute Gasteiger partial charge is 0.390 e. The molecule has 6 nitrogen and oxygen atoms in total. The van der Waals surface area contributed by atoms with Crippen LogP contribution in [0.5, 0.6) is 0 Å². The van der Waals surface area contributed by atoms with Gasteiger partial charge in [-0.15, -0.1) is 10.2 Å². The van der Waals surface area contributed by atoms with Crippen LogP contribution in [0.2, 0.25) is 0 Å². The predicted molar refractivity (Wildman–Crippen MR) is 84.3 cm³/mol. The van der Waals surface area contributed by atoms with E-state index in [2.05, 4.69) is 15.5 Å². The number of benzene rings is 1. The summed E-state index contributed by atoms with van der Waals surface area (Å²) < 4.78 is 27.0. The summed E-state index contributed by atoms with van der Waals surface area (Å²) in [7, 11) is 0. The topological polar surface area (TPSA) is 79.5 Å². The number of aliphatic hydroxyl groups is 1. The minimum atomic E-state index is -2.79. The van der Waals surface area contributed by atoms with Crippen molar-refractivity contribution in [1.82, 2.24) is 19.9 Å². The number of alkyl halides is 2. The molecule has 2 unspecified atom stereocenters. The van der Waals surface area contributed by atoms with E-state index in [0.29, 0.717) is 6.42 Å². The van der Waals surface area contributed by atoms with Crippen LogP contribution in [-0.4, -0.2) is 31.7 Å². The van der Waals surface area contributed by atoms with Crippen molar-refractivity contribution in [3.05, 3.63) is 65.1 Å². The van der Waals surface area contributed by atoms with Gasteiger partial charge in [-0.1, -0.05) is 24.3 Å². The highest BCUT2D eigenvalue weighted by Crippen LogP contribution is 2.31. The molecular weight excluding hydrogens is 330 g/mol. The standard InChI is InChI=1S/C17H14F2N4O2/c18-15(19)16-22-21-13-6-5-10(8-23(13)16)17(25)20-14-11-4-2-1-3-9(11)7-12(14)24/h1-6,8,12,14-15,24H,7H2,(H,20,25). The number of aromatic nitrogens is 3. The Morgan fingerprint density at radius 2 is 2.04 bits per heavy atom. The molecule has 25 heavy (non-hydrogen) atoms. The zero-order chi connectivity index (χ0) is 17.6. The van der Waals surface area contributed by atoms with E-state index >= 15 is 0 Å². The number of rotatable bonds is 3. The van der Waals surface area contributed by atoms with Gasteiger partial charge >= 0.3 is 0 Å². The lowest BCUT2D eigenvalue weighted by molar-refractivity contribution is 0.0857. The first-order valence-electron chi connectivity index (χ1n) is 7.74. The van der Waals surface area contributed by atoms with Crippen molar-refractivity contribution >= 4 is 11.6 Å². The highest BCUT2D eigenvalue weighted by Gasteiger charge is 2.32. The molecule has 0 saturated heterocycles. The van der Waals surface area contributed by atoms with Gasteiger partial charge in [0, 0.05) is 12.6 Å². The average molecular weight is 344 g/mol. The third-order valence-corrected chi connectivity index (χ3v) is 4.38. The number of amides is 1. The van der Waals surface area contributed by atoms with E-state index in [1.54, 1.807) is 0 Å². The molecule has 4 rings (SSSR count). The molecule has 1 aromatic carbocycles. The molecule has 128 valence electrons. The highest BCUT2D eigenvalue weighted by atomic mass is 19.3. The quantitative estimate of drug-likeness (QED) is 0.762. The molecule has 8 heteroatoms. The Morgan fingerprint density at radius 1 is 1.24 bits per heavy atom. The zero-order valence-electron chi connectivity index (χ0n) is 12.9. The Balaban J connectivity index is 1.63. The number of aliphatic hydroxyl groups excluding tert-OH is 1. The average Bonchev–Trinajstić information content (AvgIpc) is 3.15. The fraction of sp³-hybridized carbons (Fsp3) is 0.235. The summed E-state index contributed by atoms with van der Waals surface area (Å²) in [6, 6.07) is 9.89. The van der Waals surface area contributed by atoms with Crippen LogP contribution >= 0.6 is 0 Å². The van der Waals surface area contributed by atoms with Crippen molar-refractivity contribution in [2.75, 3.05) is 0 Å². The molecular formula is C17H14F2N4O2. The SMILES string of the molecule is O=C(NC1c2ccccc2CC1O)c1ccc2nnc(C(F)F)n2c1. The predicted octanol–water partition coefficient (Wildman–Crippen LogP) is 2.05. The van der Waals surface area contributed by atoms with Gasteiger partial charge in [-0.25, -0.2) is 8.78 Å². The van der Waals surface area contributed by atoms with Gasteiger partial charge in [0.1, 0.15) is 0 Å². The number of carbonyl (C=O) groups excluding carboxylic acids is 1. The minimum absolute atomic E-state index is 0.186. The number of fused-ring (bicyclic) bond motifs is 2. The molecule has 1 aliphatic rings. The van der Waals surface area contributed by atoms with Crippen molar-refractivity contribution in [3.63, 3.8) is 0 Å². The smallest absolute Gasteiger partial charge is 0.297 e. The molecule has 0 aliphatic heterocycles. The molecule has 0 bridgehead atoms. The summed E-state index contributed by atoms with van der Waals surface area (Å²) >= 11 is 0. The molecule has 2 aromatic heterocycles. The first-order chi connectivity index (χ1) is 12.0. The van der Waals surface area contributed by atoms with E-state index in [1.165, 1.54) is 18.3 Å². The number of carbonyl (C=O) groups is 1. The Kier molecular flexibility index (Phi) is 3.69. The summed E-state index contributed by atoms with van der Waals surface area (Å²) in [6.45, 7) is 0. The molecule has 2 N–H and O–H groups in total. The van der Waals surface area contributed by atoms with Crippen molar-refractivity contribution in [2.45, 2.75) is 25.0 Å². The van der Waals surface area contributed by atoms with Crippen LogP contribution in [0.1, 0.15) is 39.8 Å². The van der Waals surface area contributed by atoms with Crippen LogP contribution in [0.25, 0.3) is 5.65 Å². The van der Waals surface area contributed by atoms with E-state index in [0.717, 1.165) is 15.5 Å². The lowest BCUT2D eigenvalue weighted by Gasteiger charge is -2.18. The Hall–Kier alpha value is -2.87. The van der Waals surface area contributed by atoms with E-state index in [9.17, 15) is 18.7 Å². The Labute approximate surface area is 141 Å². The van der Waals surface area contributed by atoms with Crippen molar-refractivity contribution in [3.8, 4) is 0 Å². The van der Waals surface area contributed by atoms with Crippen LogP contribution in [0.3, 0.4) is 0 Å². The van der Waals surface area contributed by atoms with E-state index < -0.39 is 30.3 Å². The summed E-state index contributed by atoms with van der Waals surface area (Å²) in [5, 5.41) is 20.1. The van der Waals surface area contributed by atoms with Crippen molar-refractivity contribution in [1.29, 1.82) is 0 Å². The number of hydrogen-bond acceptors (Lipinski definition) is 4. The molecule has 1 amide bonds. The van der Waals surface area contributed by atoms with Crippen LogP contribution in [0.4, 0.5) is 8.78 Å². The van der Waals surface area contributed by atoms with Gasteiger partial charge in [0.25, 0.3) is 12.3 Å². The first-order valence-corrected chi connectivity index (χ1v) is 7.74. The fourth-order valence-corrected chi connectivity index (χ4v) is 3.16. The van der Waals surface area contributed by atoms with E-state index in [-0.39, 0.29) is 11.2 Å². The monoisotopic (exact) mass is 344 g/mol. The second-order valence-electron chi connectivity index (χ2n) is 5.93. The molecule has 0 saturated carbocycles. The fourth-order valence-electron chi connectivity index (χ4n) is 3.16. The van der Waals surface area contributed by atoms with Gasteiger partial charge in [0.15, 0.2) is 5.65 Å². The third kappa shape index (κ3) is 2.64. The molecule has 3 aromatic rings. The molecule has 0 radical (unpaired) electrons. The molecule has 1 aliphatic carbocycles. The van der Waals surface area contributed by atoms with Crippen LogP contribution in [0.15, 0.2) is 42.6 Å². The van der Waals surface area contributed by atoms with Gasteiger partial charge in [0.2, 0.25) is 5.82 Å². The van der Waals surface area contributed by atoms with Crippen LogP contribution in [0, 0.1) is 0 Å². The van der Waals surface area contributed by atoms with Gasteiger partial charge < -0.3 is 10.4 Å². The zero-order valence-corrected chi connectivity index (χ0v) is 12.9. The molecule has 0 spiro atoms. The summed E-state index contributed by atoms with van der Waals surface area (Å²) in [5.41, 5.74) is 2.26. The maximum Gasteiger partial charge on any atom is 0.297 e. The summed E-state index contributed by atoms with van der Waals surface area (Å²) in [5.74, 6) is -0.979. The second-order valence-corrected chi connectivity index (χ2v) is 5.93. The Bertz CT molecular complexity index is 957. The minimum Gasteiger partial charge on any atom is -0.390 e. The summed E-state index contributed by atoms with van der Waals surface area (Å²) in [4.78, 5) is 12.5. The maximum atomic E-state index is 13.0. The van der Waals surface area contributed by atoms with Crippen molar-refractivity contribution < 1.29 is 18.7 Å². The van der Waals surface area contributed by atoms with Gasteiger partial charge in [-0.3, -0.25) is 9.20 Å². The first kappa shape index (κ1) is 15.6. The van der Waals surface area contributed by atoms with E-state index in [4.69, 9.17) is 0 Å².